The largest absolute Gasteiger partial charge is 0.497 e. The lowest BCUT2D eigenvalue weighted by molar-refractivity contribution is -0.142. The van der Waals surface area contributed by atoms with Gasteiger partial charge >= 0.3 is 0 Å². The van der Waals surface area contributed by atoms with E-state index >= 15 is 0 Å². The van der Waals surface area contributed by atoms with Crippen LogP contribution in [0.1, 0.15) is 101 Å². The second-order valence-corrected chi connectivity index (χ2v) is 17.7. The van der Waals surface area contributed by atoms with E-state index in [1.54, 1.807) is 38.1 Å². The van der Waals surface area contributed by atoms with Gasteiger partial charge in [0.15, 0.2) is 0 Å². The molecule has 0 saturated carbocycles. The fourth-order valence-corrected chi connectivity index (χ4v) is 8.19. The molecule has 2 aliphatic heterocycles. The van der Waals surface area contributed by atoms with E-state index < -0.39 is 158 Å². The van der Waals surface area contributed by atoms with Crippen molar-refractivity contribution in [2.75, 3.05) is 31.7 Å². The van der Waals surface area contributed by atoms with Crippen molar-refractivity contribution in [1.82, 2.24) is 42.1 Å². The van der Waals surface area contributed by atoms with E-state index in [0.717, 1.165) is 16.7 Å². The first-order chi connectivity index (χ1) is 35.3. The smallest absolute Gasteiger partial charge is 0.246 e. The molecule has 69 heavy (non-hydrogen) atoms. The third-order valence-electron chi connectivity index (χ3n) is 11.0. The maximum absolute atomic E-state index is 14.6. The van der Waals surface area contributed by atoms with Crippen LogP contribution in [-0.4, -0.2) is 144 Å². The number of thioether (sulfide) groups is 1. The summed E-state index contributed by atoms with van der Waals surface area (Å²) in [6.07, 6.45) is -5.48. The first-order valence-corrected chi connectivity index (χ1v) is 23.4. The Balaban J connectivity index is 2.11. The number of carbonyl (C=O) groups is 11. The van der Waals surface area contributed by atoms with Gasteiger partial charge in [0.2, 0.25) is 65.0 Å². The number of ether oxygens (including phenoxy) is 1. The quantitative estimate of drug-likeness (QED) is 0.0728. The molecule has 3 rings (SSSR count). The Hall–Kier alpha value is -6.46. The highest BCUT2D eigenvalue weighted by Crippen LogP contribution is 2.22. The Bertz CT molecular complexity index is 2340. The summed E-state index contributed by atoms with van der Waals surface area (Å²) in [5.41, 5.74) is 16.6. The minimum Gasteiger partial charge on any atom is -0.497 e. The van der Waals surface area contributed by atoms with Crippen molar-refractivity contribution >= 4 is 76.7 Å². The Morgan fingerprint density at radius 3 is 2.17 bits per heavy atom. The van der Waals surface area contributed by atoms with Crippen LogP contribution in [0.25, 0.3) is 0 Å². The van der Waals surface area contributed by atoms with Crippen molar-refractivity contribution < 1.29 is 67.1 Å². The maximum atomic E-state index is 14.6. The van der Waals surface area contributed by atoms with Crippen LogP contribution < -0.4 is 59.2 Å². The molecule has 0 radical (unpaired) electrons. The van der Waals surface area contributed by atoms with Crippen molar-refractivity contribution in [1.29, 1.82) is 0 Å². The molecule has 0 aromatic heterocycles. The summed E-state index contributed by atoms with van der Waals surface area (Å²) in [5, 5.41) is 16.5. The Morgan fingerprint density at radius 1 is 0.884 bits per heavy atom. The van der Waals surface area contributed by atoms with Gasteiger partial charge in [0, 0.05) is 39.8 Å². The van der Waals surface area contributed by atoms with E-state index in [1.165, 1.54) is 7.11 Å². The molecule has 382 valence electrons. The fraction of sp³-hybridized carbons (Fsp3) is 0.622. The molecular formula is C45H69N11O12S. The molecule has 1 aromatic rings. The van der Waals surface area contributed by atoms with E-state index in [1.807, 2.05) is 10.6 Å². The molecular weight excluding hydrogens is 919 g/mol. The number of amides is 11. The van der Waals surface area contributed by atoms with E-state index in [-0.39, 0.29) is 50.2 Å². The predicted molar refractivity (Wildman–Crippen MR) is 253 cm³/mol. The third kappa shape index (κ3) is 18.9. The summed E-state index contributed by atoms with van der Waals surface area (Å²) < 4.78 is 63.5. The molecule has 0 aliphatic carbocycles. The zero-order valence-electron chi connectivity index (χ0n) is 46.0. The van der Waals surface area contributed by atoms with Gasteiger partial charge in [-0.1, -0.05) is 46.2 Å². The lowest BCUT2D eigenvalue weighted by Crippen LogP contribution is -2.61. The van der Waals surface area contributed by atoms with Crippen molar-refractivity contribution in [3.8, 4) is 5.75 Å². The Labute approximate surface area is 415 Å². The molecule has 9 unspecified atom stereocenters. The lowest BCUT2D eigenvalue weighted by Gasteiger charge is -2.31. The number of nitrogens with zero attached hydrogens (tertiary/aromatic N) is 1. The number of hydrogen-bond donors (Lipinski definition) is 10. The van der Waals surface area contributed by atoms with Gasteiger partial charge in [0.25, 0.3) is 0 Å². The van der Waals surface area contributed by atoms with Crippen LogP contribution in [0.4, 0.5) is 0 Å². The topological polar surface area (TPSA) is 363 Å². The average Bonchev–Trinajstić information content (AvgIpc) is 3.84. The van der Waals surface area contributed by atoms with Gasteiger partial charge in [-0.3, -0.25) is 52.7 Å². The standard InChI is InChI=1S/C45H69N11O12S/c1-6-25(4)38-44(66)51-28(15-16-34(46)57)40(62)52-31(21-35(47)58)41(63)54-32(23-69-18-8-10-37(60)50-30(42(64)55-38)20-26-11-13-27(68-5)14-12-26)45(67)56-17-7-9-33(56)43(65)53-29(19-24(2)3)39(61)49-22-36(48)59/h11-14,24-25,28-33,38H,6-10,15-23H2,1-5H3,(H2,46,57)(H2,47,58)(H2,48,59)(H,49,61)(H,50,60)(H,51,66)(H,52,62)(H,53,65)(H,54,63)(H,55,64)/i2D3,19D2,24D,29D. The van der Waals surface area contributed by atoms with E-state index in [9.17, 15) is 52.7 Å². The number of primary amides is 3. The number of likely N-dealkylation sites (tertiary alicyclic amines) is 1. The predicted octanol–water partition coefficient (Wildman–Crippen LogP) is -2.50. The van der Waals surface area contributed by atoms with Crippen LogP contribution in [0, 0.1) is 11.8 Å². The minimum absolute atomic E-state index is 0.0424. The zero-order valence-corrected chi connectivity index (χ0v) is 39.8. The zero-order chi connectivity index (χ0) is 57.5. The van der Waals surface area contributed by atoms with Crippen LogP contribution in [-0.2, 0) is 59.2 Å². The first kappa shape index (κ1) is 46.3. The molecule has 2 aliphatic rings. The van der Waals surface area contributed by atoms with Gasteiger partial charge in [-0.2, -0.15) is 11.8 Å². The number of methoxy groups -OCH3 is 1. The van der Waals surface area contributed by atoms with E-state index in [2.05, 4.69) is 26.6 Å². The summed E-state index contributed by atoms with van der Waals surface area (Å²) in [4.78, 5) is 149. The summed E-state index contributed by atoms with van der Waals surface area (Å²) in [5.74, 6) is -15.4. The SMILES string of the molecule is [2H]C([2H])([2H])C([2H])(C)C([2H])([2H])C([2H])(NC(=O)C1CCCN1C(=O)C1CSCCCC(=O)NC(Cc2ccc(OC)cc2)C(=O)NC(C(C)CC)C(=O)NC(CCC(N)=O)C(=O)NC(CC(N)=O)C(=O)N1)C(=O)NCC(N)=O. The molecule has 13 N–H and O–H groups in total. The van der Waals surface area contributed by atoms with Gasteiger partial charge in [-0.15, -0.1) is 0 Å². The summed E-state index contributed by atoms with van der Waals surface area (Å²) in [6, 6.07) is -6.39. The number of carbonyl (C=O) groups excluding carboxylic acids is 11. The molecule has 1 aromatic carbocycles. The molecule has 24 heteroatoms. The van der Waals surface area contributed by atoms with E-state index in [0.29, 0.717) is 24.7 Å². The number of nitrogens with two attached hydrogens (primary N) is 3. The number of rotatable bonds is 18. The second kappa shape index (κ2) is 28.1. The van der Waals surface area contributed by atoms with Crippen molar-refractivity contribution in [3.63, 3.8) is 0 Å². The molecule has 9 atom stereocenters. The monoisotopic (exact) mass is 995 g/mol. The molecule has 0 bridgehead atoms. The van der Waals surface area contributed by atoms with E-state index in [4.69, 9.17) is 31.5 Å². The van der Waals surface area contributed by atoms with Crippen LogP contribution in [0.5, 0.6) is 5.75 Å². The molecule has 0 spiro atoms. The lowest BCUT2D eigenvalue weighted by atomic mass is 9.96. The number of hydrogen-bond acceptors (Lipinski definition) is 13. The molecule has 2 fully saturated rings. The fourth-order valence-electron chi connectivity index (χ4n) is 7.21. The maximum Gasteiger partial charge on any atom is 0.246 e. The first-order valence-electron chi connectivity index (χ1n) is 25.8. The van der Waals surface area contributed by atoms with Gasteiger partial charge < -0.3 is 64.1 Å². The molecule has 11 amide bonds. The highest BCUT2D eigenvalue weighted by molar-refractivity contribution is 7.99. The van der Waals surface area contributed by atoms with Gasteiger partial charge in [0.1, 0.15) is 48.0 Å². The van der Waals surface area contributed by atoms with Crippen LogP contribution >= 0.6 is 11.8 Å². The Kier molecular flexibility index (Phi) is 18.9. The number of benzene rings is 1. The van der Waals surface area contributed by atoms with Crippen LogP contribution in [0.15, 0.2) is 24.3 Å². The van der Waals surface area contributed by atoms with Gasteiger partial charge in [-0.25, -0.2) is 0 Å². The molecule has 2 heterocycles. The van der Waals surface area contributed by atoms with Crippen LogP contribution in [0.3, 0.4) is 0 Å². The highest BCUT2D eigenvalue weighted by Gasteiger charge is 2.40. The minimum atomic E-state index is -3.77. The van der Waals surface area contributed by atoms with Gasteiger partial charge in [-0.05, 0) is 67.3 Å². The van der Waals surface area contributed by atoms with Crippen molar-refractivity contribution in [2.45, 2.75) is 134 Å². The Morgan fingerprint density at radius 2 is 1.55 bits per heavy atom. The van der Waals surface area contributed by atoms with Crippen LogP contribution in [0.2, 0.25) is 0 Å². The average molecular weight is 995 g/mol. The normalized spacial score (nSPS) is 26.3. The summed E-state index contributed by atoms with van der Waals surface area (Å²) >= 11 is 1.03. The van der Waals surface area contributed by atoms with Crippen molar-refractivity contribution in [2.24, 2.45) is 29.0 Å². The second-order valence-electron chi connectivity index (χ2n) is 16.5. The van der Waals surface area contributed by atoms with Crippen molar-refractivity contribution in [3.05, 3.63) is 29.8 Å². The summed E-state index contributed by atoms with van der Waals surface area (Å²) in [6.45, 7) is -0.777. The third-order valence-corrected chi connectivity index (χ3v) is 12.2. The highest BCUT2D eigenvalue weighted by atomic mass is 32.2. The molecule has 23 nitrogen and oxygen atoms in total. The molecule has 2 saturated heterocycles. The number of nitrogens with one attached hydrogen (secondary N) is 7. The summed E-state index contributed by atoms with van der Waals surface area (Å²) in [7, 11) is 1.47. The van der Waals surface area contributed by atoms with Gasteiger partial charge in [0.05, 0.1) is 21.4 Å².